The number of hydrogen-bond donors (Lipinski definition) is 3. The van der Waals surface area contributed by atoms with Gasteiger partial charge in [0.2, 0.25) is 5.91 Å². The summed E-state index contributed by atoms with van der Waals surface area (Å²) in [4.78, 5) is 39.6. The molecule has 0 saturated heterocycles. The van der Waals surface area contributed by atoms with Crippen LogP contribution in [0.2, 0.25) is 10.0 Å². The minimum absolute atomic E-state index is 0.135. The van der Waals surface area contributed by atoms with E-state index in [2.05, 4.69) is 16.0 Å². The van der Waals surface area contributed by atoms with E-state index in [1.807, 2.05) is 0 Å². The van der Waals surface area contributed by atoms with E-state index in [4.69, 9.17) is 23.2 Å². The number of benzene rings is 4. The SMILES string of the molecule is CC(Sc1cccc(NC(=O)/C(=C/c2ccccc2F)NC(=O)c2ccccc2)c1)C(=O)Nc1cc(Cl)cc(Cl)c1. The molecule has 0 heterocycles. The zero-order valence-corrected chi connectivity index (χ0v) is 24.0. The van der Waals surface area contributed by atoms with Crippen LogP contribution in [0.25, 0.3) is 6.08 Å². The molecule has 3 N–H and O–H groups in total. The van der Waals surface area contributed by atoms with Gasteiger partial charge in [0.15, 0.2) is 0 Å². The molecule has 6 nitrogen and oxygen atoms in total. The fourth-order valence-corrected chi connectivity index (χ4v) is 5.12. The molecule has 4 aromatic rings. The first-order valence-electron chi connectivity index (χ1n) is 12.4. The second kappa shape index (κ2) is 14.0. The van der Waals surface area contributed by atoms with Crippen LogP contribution in [0.3, 0.4) is 0 Å². The third-order valence-corrected chi connectivity index (χ3v) is 7.17. The van der Waals surface area contributed by atoms with Crippen molar-refractivity contribution in [1.82, 2.24) is 5.32 Å². The molecule has 3 amide bonds. The summed E-state index contributed by atoms with van der Waals surface area (Å²) in [5.41, 5.74) is 1.23. The molecule has 4 aromatic carbocycles. The Hall–Kier alpha value is -4.11. The van der Waals surface area contributed by atoms with Crippen LogP contribution in [0.1, 0.15) is 22.8 Å². The Balaban J connectivity index is 1.48. The highest BCUT2D eigenvalue weighted by molar-refractivity contribution is 8.00. The topological polar surface area (TPSA) is 87.3 Å². The quantitative estimate of drug-likeness (QED) is 0.135. The van der Waals surface area contributed by atoms with Gasteiger partial charge in [-0.25, -0.2) is 4.39 Å². The summed E-state index contributed by atoms with van der Waals surface area (Å²) < 4.78 is 14.4. The number of halogens is 3. The molecule has 1 atom stereocenters. The minimum Gasteiger partial charge on any atom is -0.325 e. The second-order valence-corrected chi connectivity index (χ2v) is 11.1. The maximum absolute atomic E-state index is 14.4. The molecule has 0 bridgehead atoms. The number of carbonyl (C=O) groups is 3. The van der Waals surface area contributed by atoms with Crippen LogP contribution >= 0.6 is 35.0 Å². The summed E-state index contributed by atoms with van der Waals surface area (Å²) in [5.74, 6) is -1.98. The van der Waals surface area contributed by atoms with Gasteiger partial charge in [0, 0.05) is 37.4 Å². The lowest BCUT2D eigenvalue weighted by atomic mass is 10.1. The van der Waals surface area contributed by atoms with Gasteiger partial charge in [0.25, 0.3) is 11.8 Å². The average molecular weight is 609 g/mol. The van der Waals surface area contributed by atoms with Crippen LogP contribution in [0.5, 0.6) is 0 Å². The highest BCUT2D eigenvalue weighted by Gasteiger charge is 2.18. The van der Waals surface area contributed by atoms with E-state index in [-0.39, 0.29) is 17.2 Å². The third-order valence-electron chi connectivity index (χ3n) is 5.64. The van der Waals surface area contributed by atoms with Crippen molar-refractivity contribution in [3.8, 4) is 0 Å². The van der Waals surface area contributed by atoms with Crippen molar-refractivity contribution in [2.75, 3.05) is 10.6 Å². The lowest BCUT2D eigenvalue weighted by Crippen LogP contribution is -2.30. The van der Waals surface area contributed by atoms with Crippen molar-refractivity contribution in [3.05, 3.63) is 130 Å². The van der Waals surface area contributed by atoms with Gasteiger partial charge in [-0.3, -0.25) is 14.4 Å². The standard InChI is InChI=1S/C31H24Cl2FN3O3S/c1-19(29(38)36-25-16-22(32)15-23(33)17-25)41-26-12-7-11-24(18-26)35-31(40)28(14-21-10-5-6-13-27(21)34)37-30(39)20-8-3-2-4-9-20/h2-19H,1H3,(H,35,40)(H,36,38)(H,37,39)/b28-14-. The minimum atomic E-state index is -0.650. The predicted molar refractivity (Wildman–Crippen MR) is 164 cm³/mol. The molecular weight excluding hydrogens is 584 g/mol. The largest absolute Gasteiger partial charge is 0.325 e. The number of amides is 3. The van der Waals surface area contributed by atoms with E-state index in [1.165, 1.54) is 36.0 Å². The fourth-order valence-electron chi connectivity index (χ4n) is 3.66. The Morgan fingerprint density at radius 3 is 2.20 bits per heavy atom. The van der Waals surface area contributed by atoms with E-state index < -0.39 is 22.9 Å². The monoisotopic (exact) mass is 607 g/mol. The Labute approximate surface area is 250 Å². The highest BCUT2D eigenvalue weighted by atomic mass is 35.5. The maximum Gasteiger partial charge on any atom is 0.272 e. The van der Waals surface area contributed by atoms with Gasteiger partial charge in [-0.15, -0.1) is 11.8 Å². The van der Waals surface area contributed by atoms with Crippen LogP contribution in [0.4, 0.5) is 15.8 Å². The lowest BCUT2D eigenvalue weighted by Gasteiger charge is -2.14. The van der Waals surface area contributed by atoms with Crippen LogP contribution in [-0.4, -0.2) is 23.0 Å². The van der Waals surface area contributed by atoms with Crippen molar-refractivity contribution in [1.29, 1.82) is 0 Å². The van der Waals surface area contributed by atoms with Gasteiger partial charge in [-0.2, -0.15) is 0 Å². The van der Waals surface area contributed by atoms with E-state index in [1.54, 1.807) is 85.8 Å². The first-order valence-corrected chi connectivity index (χ1v) is 14.0. The van der Waals surface area contributed by atoms with Crippen LogP contribution in [0, 0.1) is 5.82 Å². The molecule has 0 aliphatic rings. The molecule has 0 spiro atoms. The van der Waals surface area contributed by atoms with Gasteiger partial charge in [-0.1, -0.05) is 65.7 Å². The van der Waals surface area contributed by atoms with Crippen LogP contribution in [-0.2, 0) is 9.59 Å². The summed E-state index contributed by atoms with van der Waals surface area (Å²) in [6.45, 7) is 1.74. The molecule has 0 aromatic heterocycles. The van der Waals surface area contributed by atoms with Crippen molar-refractivity contribution in [2.45, 2.75) is 17.1 Å². The van der Waals surface area contributed by atoms with Gasteiger partial charge in [0.1, 0.15) is 11.5 Å². The highest BCUT2D eigenvalue weighted by Crippen LogP contribution is 2.28. The summed E-state index contributed by atoms with van der Waals surface area (Å²) in [7, 11) is 0. The Bertz CT molecular complexity index is 1600. The molecule has 0 saturated carbocycles. The van der Waals surface area contributed by atoms with Crippen molar-refractivity contribution in [3.63, 3.8) is 0 Å². The van der Waals surface area contributed by atoms with E-state index in [9.17, 15) is 18.8 Å². The number of anilines is 2. The molecule has 0 radical (unpaired) electrons. The first kappa shape index (κ1) is 29.9. The molecule has 41 heavy (non-hydrogen) atoms. The smallest absolute Gasteiger partial charge is 0.272 e. The number of nitrogens with one attached hydrogen (secondary N) is 3. The third kappa shape index (κ3) is 8.69. The van der Waals surface area contributed by atoms with E-state index in [0.717, 1.165) is 0 Å². The van der Waals surface area contributed by atoms with Gasteiger partial charge < -0.3 is 16.0 Å². The zero-order chi connectivity index (χ0) is 29.4. The predicted octanol–water partition coefficient (Wildman–Crippen LogP) is 7.66. The van der Waals surface area contributed by atoms with Gasteiger partial charge >= 0.3 is 0 Å². The van der Waals surface area contributed by atoms with Crippen LogP contribution in [0.15, 0.2) is 108 Å². The molecule has 1 unspecified atom stereocenters. The molecule has 0 aliphatic carbocycles. The summed E-state index contributed by atoms with van der Waals surface area (Å²) >= 11 is 13.3. The molecule has 4 rings (SSSR count). The van der Waals surface area contributed by atoms with Crippen molar-refractivity contribution < 1.29 is 18.8 Å². The Kier molecular flexibility index (Phi) is 10.2. The Morgan fingerprint density at radius 2 is 1.49 bits per heavy atom. The summed E-state index contributed by atoms with van der Waals surface area (Å²) in [6, 6.07) is 25.9. The van der Waals surface area contributed by atoms with Crippen LogP contribution < -0.4 is 16.0 Å². The van der Waals surface area contributed by atoms with Gasteiger partial charge in [-0.05, 0) is 67.6 Å². The lowest BCUT2D eigenvalue weighted by molar-refractivity contribution is -0.115. The fraction of sp³-hybridized carbons (Fsp3) is 0.0645. The number of thioether (sulfide) groups is 1. The summed E-state index contributed by atoms with van der Waals surface area (Å²) in [6.07, 6.45) is 1.28. The molecule has 0 aliphatic heterocycles. The normalized spacial score (nSPS) is 11.9. The maximum atomic E-state index is 14.4. The van der Waals surface area contributed by atoms with E-state index >= 15 is 0 Å². The first-order chi connectivity index (χ1) is 19.7. The summed E-state index contributed by atoms with van der Waals surface area (Å²) in [5, 5.41) is 8.43. The second-order valence-electron chi connectivity index (χ2n) is 8.79. The Morgan fingerprint density at radius 1 is 0.805 bits per heavy atom. The average Bonchev–Trinajstić information content (AvgIpc) is 2.93. The van der Waals surface area contributed by atoms with Gasteiger partial charge in [0.05, 0.1) is 5.25 Å². The molecule has 10 heteroatoms. The number of hydrogen-bond acceptors (Lipinski definition) is 4. The zero-order valence-electron chi connectivity index (χ0n) is 21.7. The number of carbonyl (C=O) groups excluding carboxylic acids is 3. The molecule has 0 fully saturated rings. The van der Waals surface area contributed by atoms with Crippen molar-refractivity contribution in [2.24, 2.45) is 0 Å². The van der Waals surface area contributed by atoms with Crippen molar-refractivity contribution >= 4 is 70.1 Å². The molecule has 208 valence electrons. The van der Waals surface area contributed by atoms with E-state index in [0.29, 0.717) is 31.9 Å². The number of rotatable bonds is 9. The molecular formula is C31H24Cl2FN3O3S.